The molecule has 26 heavy (non-hydrogen) atoms. The van der Waals surface area contributed by atoms with Crippen molar-refractivity contribution in [2.75, 3.05) is 0 Å². The Morgan fingerprint density at radius 2 is 1.38 bits per heavy atom. The molecular weight excluding hydrogens is 339 g/mol. The van der Waals surface area contributed by atoms with Gasteiger partial charge in [-0.05, 0) is 52.4 Å². The molecule has 130 valence electrons. The summed E-state index contributed by atoms with van der Waals surface area (Å²) in [6, 6.07) is 17.9. The second-order valence-corrected chi connectivity index (χ2v) is 5.84. The number of benzene rings is 3. The van der Waals surface area contributed by atoms with E-state index in [9.17, 15) is 13.2 Å². The molecule has 0 aliphatic carbocycles. The number of azide groups is 1. The van der Waals surface area contributed by atoms with Gasteiger partial charge in [-0.15, -0.1) is 0 Å². The fourth-order valence-corrected chi connectivity index (χ4v) is 2.83. The van der Waals surface area contributed by atoms with E-state index in [1.54, 1.807) is 6.07 Å². The Labute approximate surface area is 148 Å². The van der Waals surface area contributed by atoms with Crippen LogP contribution in [0.2, 0.25) is 0 Å². The molecule has 3 aromatic carbocycles. The third-order valence-corrected chi connectivity index (χ3v) is 4.01. The first-order valence-corrected chi connectivity index (χ1v) is 7.83. The number of rotatable bonds is 3. The smallest absolute Gasteiger partial charge is 0.166 e. The molecule has 0 aromatic heterocycles. The molecule has 0 amide bonds. The van der Waals surface area contributed by atoms with Gasteiger partial charge in [-0.2, -0.15) is 13.2 Å². The molecule has 0 atom stereocenters. The van der Waals surface area contributed by atoms with E-state index in [2.05, 4.69) is 10.0 Å². The summed E-state index contributed by atoms with van der Waals surface area (Å²) in [5.41, 5.74) is 12.3. The number of nitrogens with zero attached hydrogens (tertiary/aromatic N) is 3. The van der Waals surface area contributed by atoms with Crippen molar-refractivity contribution in [1.29, 1.82) is 0 Å². The lowest BCUT2D eigenvalue weighted by Gasteiger charge is -2.14. The van der Waals surface area contributed by atoms with Gasteiger partial charge in [0.25, 0.3) is 0 Å². The molecule has 0 aliphatic heterocycles. The summed E-state index contributed by atoms with van der Waals surface area (Å²) in [4.78, 5) is 2.91. The van der Waals surface area contributed by atoms with Crippen molar-refractivity contribution < 1.29 is 13.2 Å². The van der Waals surface area contributed by atoms with Gasteiger partial charge >= 0.3 is 6.18 Å². The van der Waals surface area contributed by atoms with Gasteiger partial charge in [0, 0.05) is 4.91 Å². The van der Waals surface area contributed by atoms with E-state index in [1.807, 2.05) is 43.3 Å². The van der Waals surface area contributed by atoms with Crippen LogP contribution in [0.4, 0.5) is 18.9 Å². The SMILES string of the molecule is Cc1cc(-c2ccccc2)c(N=[N+]=[N-])c(-c2ccc(C(F)(F)F)cc2)c1. The summed E-state index contributed by atoms with van der Waals surface area (Å²) in [7, 11) is 0. The average Bonchev–Trinajstić information content (AvgIpc) is 2.63. The van der Waals surface area contributed by atoms with E-state index < -0.39 is 11.7 Å². The minimum Gasteiger partial charge on any atom is -0.166 e. The molecule has 0 fully saturated rings. The molecule has 0 heterocycles. The lowest BCUT2D eigenvalue weighted by molar-refractivity contribution is -0.137. The zero-order valence-electron chi connectivity index (χ0n) is 13.8. The summed E-state index contributed by atoms with van der Waals surface area (Å²) >= 11 is 0. The number of aryl methyl sites for hydroxylation is 1. The normalized spacial score (nSPS) is 11.1. The van der Waals surface area contributed by atoms with E-state index in [0.29, 0.717) is 16.8 Å². The average molecular weight is 353 g/mol. The zero-order valence-corrected chi connectivity index (χ0v) is 13.8. The molecule has 0 unspecified atom stereocenters. The van der Waals surface area contributed by atoms with Crippen molar-refractivity contribution in [2.45, 2.75) is 13.1 Å². The monoisotopic (exact) mass is 353 g/mol. The molecule has 0 saturated carbocycles. The van der Waals surface area contributed by atoms with Crippen LogP contribution < -0.4 is 0 Å². The van der Waals surface area contributed by atoms with Crippen LogP contribution in [0.15, 0.2) is 71.8 Å². The van der Waals surface area contributed by atoms with E-state index in [-0.39, 0.29) is 0 Å². The Hall–Kier alpha value is -3.24. The van der Waals surface area contributed by atoms with Crippen molar-refractivity contribution >= 4 is 5.69 Å². The predicted octanol–water partition coefficient (Wildman–Crippen LogP) is 7.29. The highest BCUT2D eigenvalue weighted by atomic mass is 19.4. The van der Waals surface area contributed by atoms with Gasteiger partial charge in [-0.25, -0.2) is 0 Å². The molecule has 0 spiro atoms. The van der Waals surface area contributed by atoms with E-state index in [4.69, 9.17) is 5.53 Å². The highest BCUT2D eigenvalue weighted by molar-refractivity contribution is 5.89. The molecule has 0 saturated heterocycles. The molecule has 3 rings (SSSR count). The molecular formula is C20H14F3N3. The predicted molar refractivity (Wildman–Crippen MR) is 95.9 cm³/mol. The Bertz CT molecular complexity index is 972. The number of halogens is 3. The minimum atomic E-state index is -4.39. The highest BCUT2D eigenvalue weighted by Crippen LogP contribution is 2.41. The van der Waals surface area contributed by atoms with Gasteiger partial charge in [0.05, 0.1) is 11.3 Å². The zero-order chi connectivity index (χ0) is 18.7. The van der Waals surface area contributed by atoms with Crippen molar-refractivity contribution in [1.82, 2.24) is 0 Å². The van der Waals surface area contributed by atoms with E-state index in [1.165, 1.54) is 12.1 Å². The molecule has 3 aromatic rings. The topological polar surface area (TPSA) is 48.8 Å². The van der Waals surface area contributed by atoms with Gasteiger partial charge in [0.1, 0.15) is 0 Å². The first-order chi connectivity index (χ1) is 12.4. The van der Waals surface area contributed by atoms with Crippen LogP contribution in [0.25, 0.3) is 32.7 Å². The van der Waals surface area contributed by atoms with Crippen LogP contribution in [0.5, 0.6) is 0 Å². The summed E-state index contributed by atoms with van der Waals surface area (Å²) in [5, 5.41) is 3.83. The number of hydrogen-bond donors (Lipinski definition) is 0. The largest absolute Gasteiger partial charge is 0.416 e. The van der Waals surface area contributed by atoms with Crippen molar-refractivity contribution in [3.63, 3.8) is 0 Å². The quantitative estimate of drug-likeness (QED) is 0.270. The van der Waals surface area contributed by atoms with Gasteiger partial charge in [-0.1, -0.05) is 59.7 Å². The second kappa shape index (κ2) is 6.94. The maximum Gasteiger partial charge on any atom is 0.416 e. The summed E-state index contributed by atoms with van der Waals surface area (Å²) in [6.45, 7) is 1.89. The second-order valence-electron chi connectivity index (χ2n) is 5.84. The Morgan fingerprint density at radius 3 is 1.88 bits per heavy atom. The standard InChI is InChI=1S/C20H14F3N3/c1-13-11-17(14-5-3-2-4-6-14)19(25-26-24)18(12-13)15-7-9-16(10-8-15)20(21,22)23/h2-12H,1H3. The van der Waals surface area contributed by atoms with Crippen LogP contribution in [0.1, 0.15) is 11.1 Å². The molecule has 0 aliphatic rings. The van der Waals surface area contributed by atoms with E-state index >= 15 is 0 Å². The fraction of sp³-hybridized carbons (Fsp3) is 0.100. The third kappa shape index (κ3) is 3.55. The minimum absolute atomic E-state index is 0.393. The van der Waals surface area contributed by atoms with Gasteiger partial charge in [0.15, 0.2) is 0 Å². The highest BCUT2D eigenvalue weighted by Gasteiger charge is 2.30. The van der Waals surface area contributed by atoms with Crippen LogP contribution in [-0.2, 0) is 6.18 Å². The lowest BCUT2D eigenvalue weighted by Crippen LogP contribution is -2.04. The van der Waals surface area contributed by atoms with E-state index in [0.717, 1.165) is 28.8 Å². The summed E-state index contributed by atoms with van der Waals surface area (Å²) in [6.07, 6.45) is -4.39. The first kappa shape index (κ1) is 17.6. The summed E-state index contributed by atoms with van der Waals surface area (Å²) < 4.78 is 38.4. The van der Waals surface area contributed by atoms with Crippen LogP contribution >= 0.6 is 0 Å². The Kier molecular flexibility index (Phi) is 4.69. The number of hydrogen-bond acceptors (Lipinski definition) is 1. The van der Waals surface area contributed by atoms with Crippen LogP contribution in [0, 0.1) is 6.92 Å². The van der Waals surface area contributed by atoms with Gasteiger partial charge in [-0.3, -0.25) is 0 Å². The van der Waals surface area contributed by atoms with Crippen molar-refractivity contribution in [3.8, 4) is 22.3 Å². The number of alkyl halides is 3. The molecule has 0 radical (unpaired) electrons. The molecule has 3 nitrogen and oxygen atoms in total. The summed E-state index contributed by atoms with van der Waals surface area (Å²) in [5.74, 6) is 0. The Balaban J connectivity index is 2.21. The maximum absolute atomic E-state index is 12.8. The van der Waals surface area contributed by atoms with Crippen molar-refractivity contribution in [2.24, 2.45) is 5.11 Å². The first-order valence-electron chi connectivity index (χ1n) is 7.83. The fourth-order valence-electron chi connectivity index (χ4n) is 2.83. The molecule has 6 heteroatoms. The molecule has 0 bridgehead atoms. The van der Waals surface area contributed by atoms with Crippen LogP contribution in [-0.4, -0.2) is 0 Å². The van der Waals surface area contributed by atoms with Gasteiger partial charge < -0.3 is 0 Å². The third-order valence-electron chi connectivity index (χ3n) is 4.01. The van der Waals surface area contributed by atoms with Crippen LogP contribution in [0.3, 0.4) is 0 Å². The maximum atomic E-state index is 12.8. The lowest BCUT2D eigenvalue weighted by atomic mass is 9.93. The Morgan fingerprint density at radius 1 is 0.846 bits per heavy atom. The van der Waals surface area contributed by atoms with Gasteiger partial charge in [0.2, 0.25) is 0 Å². The molecule has 0 N–H and O–H groups in total. The van der Waals surface area contributed by atoms with Crippen molar-refractivity contribution in [3.05, 3.63) is 88.3 Å².